The third-order valence-corrected chi connectivity index (χ3v) is 4.67. The largest absolute Gasteiger partial charge is 0.493 e. The van der Waals surface area contributed by atoms with Crippen LogP contribution in [0.4, 0.5) is 4.79 Å². The van der Waals surface area contributed by atoms with Crippen molar-refractivity contribution in [3.63, 3.8) is 0 Å². The molecule has 0 aliphatic rings. The first-order valence-electron chi connectivity index (χ1n) is 9.15. The van der Waals surface area contributed by atoms with E-state index in [4.69, 9.17) is 9.47 Å². The fraction of sp³-hybridized carbons (Fsp3) is 0.409. The number of hydrogen-bond donors (Lipinski definition) is 2. The van der Waals surface area contributed by atoms with Gasteiger partial charge in [0.15, 0.2) is 11.5 Å². The third-order valence-electron chi connectivity index (χ3n) is 4.67. The number of carbonyl (C=O) groups excluding carboxylic acids is 1. The number of ether oxygens (including phenoxy) is 2. The molecule has 0 saturated heterocycles. The summed E-state index contributed by atoms with van der Waals surface area (Å²) < 4.78 is 10.5. The lowest BCUT2D eigenvalue weighted by atomic mass is 9.84. The molecule has 0 fully saturated rings. The molecule has 0 spiro atoms. The second kappa shape index (κ2) is 9.31. The lowest BCUT2D eigenvalue weighted by Gasteiger charge is -2.26. The molecule has 0 bridgehead atoms. The van der Waals surface area contributed by atoms with Gasteiger partial charge in [-0.05, 0) is 36.6 Å². The molecule has 0 unspecified atom stereocenters. The van der Waals surface area contributed by atoms with Gasteiger partial charge in [0.2, 0.25) is 0 Å². The number of carbonyl (C=O) groups is 1. The van der Waals surface area contributed by atoms with Gasteiger partial charge in [0.05, 0.1) is 14.2 Å². The SMILES string of the molecule is COc1ccc(CCNC(=O)NCC(C)(C)c2ccc(C)cc2)cc1OC. The van der Waals surface area contributed by atoms with Crippen molar-refractivity contribution in [1.82, 2.24) is 10.6 Å². The molecule has 0 atom stereocenters. The molecule has 2 aromatic carbocycles. The maximum Gasteiger partial charge on any atom is 0.314 e. The van der Waals surface area contributed by atoms with Gasteiger partial charge in [-0.2, -0.15) is 0 Å². The maximum absolute atomic E-state index is 12.1. The number of rotatable bonds is 8. The average Bonchev–Trinajstić information content (AvgIpc) is 2.66. The van der Waals surface area contributed by atoms with Crippen LogP contribution < -0.4 is 20.1 Å². The summed E-state index contributed by atoms with van der Waals surface area (Å²) in [6.45, 7) is 7.44. The van der Waals surface area contributed by atoms with Gasteiger partial charge in [0.1, 0.15) is 0 Å². The summed E-state index contributed by atoms with van der Waals surface area (Å²) in [6.07, 6.45) is 0.717. The molecular formula is C22H30N2O3. The minimum Gasteiger partial charge on any atom is -0.493 e. The van der Waals surface area contributed by atoms with E-state index in [0.717, 1.165) is 12.0 Å². The Morgan fingerprint density at radius 1 is 0.963 bits per heavy atom. The van der Waals surface area contributed by atoms with E-state index in [0.29, 0.717) is 24.6 Å². The highest BCUT2D eigenvalue weighted by molar-refractivity contribution is 5.74. The zero-order chi connectivity index (χ0) is 19.9. The Morgan fingerprint density at radius 2 is 1.63 bits per heavy atom. The van der Waals surface area contributed by atoms with Crippen molar-refractivity contribution in [1.29, 1.82) is 0 Å². The van der Waals surface area contributed by atoms with Crippen LogP contribution in [0.2, 0.25) is 0 Å². The van der Waals surface area contributed by atoms with Gasteiger partial charge < -0.3 is 20.1 Å². The van der Waals surface area contributed by atoms with Crippen molar-refractivity contribution in [2.75, 3.05) is 27.3 Å². The van der Waals surface area contributed by atoms with Gasteiger partial charge >= 0.3 is 6.03 Å². The Kier molecular flexibility index (Phi) is 7.11. The number of benzene rings is 2. The van der Waals surface area contributed by atoms with Crippen molar-refractivity contribution >= 4 is 6.03 Å². The van der Waals surface area contributed by atoms with Crippen LogP contribution in [0.5, 0.6) is 11.5 Å². The van der Waals surface area contributed by atoms with Gasteiger partial charge in [-0.3, -0.25) is 0 Å². The van der Waals surface area contributed by atoms with E-state index in [1.54, 1.807) is 14.2 Å². The van der Waals surface area contributed by atoms with Gasteiger partial charge in [0.25, 0.3) is 0 Å². The van der Waals surface area contributed by atoms with Crippen LogP contribution in [-0.4, -0.2) is 33.3 Å². The Morgan fingerprint density at radius 3 is 2.26 bits per heavy atom. The van der Waals surface area contributed by atoms with Gasteiger partial charge in [0, 0.05) is 18.5 Å². The van der Waals surface area contributed by atoms with Crippen LogP contribution in [0.25, 0.3) is 0 Å². The molecule has 0 aliphatic heterocycles. The first-order chi connectivity index (χ1) is 12.9. The van der Waals surface area contributed by atoms with Crippen molar-refractivity contribution in [2.45, 2.75) is 32.6 Å². The average molecular weight is 370 g/mol. The predicted molar refractivity (Wildman–Crippen MR) is 109 cm³/mol. The molecule has 5 heteroatoms. The number of methoxy groups -OCH3 is 2. The van der Waals surface area contributed by atoms with Crippen LogP contribution >= 0.6 is 0 Å². The van der Waals surface area contributed by atoms with Gasteiger partial charge in [-0.15, -0.1) is 0 Å². The summed E-state index contributed by atoms with van der Waals surface area (Å²) >= 11 is 0. The molecule has 27 heavy (non-hydrogen) atoms. The minimum atomic E-state index is -0.157. The number of nitrogens with one attached hydrogen (secondary N) is 2. The van der Waals surface area contributed by atoms with E-state index < -0.39 is 0 Å². The summed E-state index contributed by atoms with van der Waals surface area (Å²) in [4.78, 5) is 12.1. The van der Waals surface area contributed by atoms with Crippen molar-refractivity contribution in [3.05, 3.63) is 59.2 Å². The van der Waals surface area contributed by atoms with Gasteiger partial charge in [-0.25, -0.2) is 4.79 Å². The zero-order valence-corrected chi connectivity index (χ0v) is 16.9. The quantitative estimate of drug-likeness (QED) is 0.742. The summed E-state index contributed by atoms with van der Waals surface area (Å²) in [5, 5.41) is 5.88. The monoisotopic (exact) mass is 370 g/mol. The molecule has 0 aliphatic carbocycles. The number of hydrogen-bond acceptors (Lipinski definition) is 3. The summed E-state index contributed by atoms with van der Waals surface area (Å²) in [5.41, 5.74) is 3.39. The first-order valence-corrected chi connectivity index (χ1v) is 9.15. The summed E-state index contributed by atoms with van der Waals surface area (Å²) in [5.74, 6) is 1.39. The molecule has 0 radical (unpaired) electrons. The second-order valence-corrected chi connectivity index (χ2v) is 7.30. The Hall–Kier alpha value is -2.69. The molecule has 2 N–H and O–H groups in total. The Bertz CT molecular complexity index is 755. The molecule has 0 heterocycles. The lowest BCUT2D eigenvalue weighted by molar-refractivity contribution is 0.238. The fourth-order valence-corrected chi connectivity index (χ4v) is 2.83. The third kappa shape index (κ3) is 5.91. The highest BCUT2D eigenvalue weighted by Crippen LogP contribution is 2.27. The van der Waals surface area contributed by atoms with Crippen molar-refractivity contribution in [2.24, 2.45) is 0 Å². The molecular weight excluding hydrogens is 340 g/mol. The summed E-state index contributed by atoms with van der Waals surface area (Å²) in [6, 6.07) is 14.0. The summed E-state index contributed by atoms with van der Waals surface area (Å²) in [7, 11) is 3.23. The molecule has 2 rings (SSSR count). The van der Waals surface area contributed by atoms with Crippen LogP contribution in [0, 0.1) is 6.92 Å². The van der Waals surface area contributed by atoms with Crippen molar-refractivity contribution in [3.8, 4) is 11.5 Å². The van der Waals surface area contributed by atoms with Crippen molar-refractivity contribution < 1.29 is 14.3 Å². The minimum absolute atomic E-state index is 0.131. The molecule has 2 amide bonds. The molecule has 0 saturated carbocycles. The lowest BCUT2D eigenvalue weighted by Crippen LogP contribution is -2.42. The van der Waals surface area contributed by atoms with E-state index >= 15 is 0 Å². The number of urea groups is 1. The normalized spacial score (nSPS) is 11.0. The first kappa shape index (κ1) is 20.6. The smallest absolute Gasteiger partial charge is 0.314 e. The van der Waals surface area contributed by atoms with Crippen LogP contribution in [0.3, 0.4) is 0 Å². The van der Waals surface area contributed by atoms with Crippen LogP contribution in [-0.2, 0) is 11.8 Å². The fourth-order valence-electron chi connectivity index (χ4n) is 2.83. The van der Waals surface area contributed by atoms with E-state index in [1.165, 1.54) is 11.1 Å². The molecule has 146 valence electrons. The molecule has 2 aromatic rings. The van der Waals surface area contributed by atoms with Gasteiger partial charge in [-0.1, -0.05) is 49.7 Å². The second-order valence-electron chi connectivity index (χ2n) is 7.30. The van der Waals surface area contributed by atoms with E-state index in [-0.39, 0.29) is 11.4 Å². The van der Waals surface area contributed by atoms with Crippen LogP contribution in [0.1, 0.15) is 30.5 Å². The maximum atomic E-state index is 12.1. The molecule has 0 aromatic heterocycles. The standard InChI is InChI=1S/C22H30N2O3/c1-16-6-9-18(10-7-16)22(2,3)15-24-21(25)23-13-12-17-8-11-19(26-4)20(14-17)27-5/h6-11,14H,12-13,15H2,1-5H3,(H2,23,24,25). The van der Waals surface area contributed by atoms with E-state index in [2.05, 4.69) is 55.7 Å². The highest BCUT2D eigenvalue weighted by Gasteiger charge is 2.21. The highest BCUT2D eigenvalue weighted by atomic mass is 16.5. The van der Waals surface area contributed by atoms with Crippen LogP contribution in [0.15, 0.2) is 42.5 Å². The number of aryl methyl sites for hydroxylation is 1. The number of amides is 2. The van der Waals surface area contributed by atoms with E-state index in [9.17, 15) is 4.79 Å². The Balaban J connectivity index is 1.80. The zero-order valence-electron chi connectivity index (χ0n) is 16.9. The molecule has 5 nitrogen and oxygen atoms in total. The predicted octanol–water partition coefficient (Wildman–Crippen LogP) is 3.83. The topological polar surface area (TPSA) is 59.6 Å². The Labute approximate surface area is 162 Å². The van der Waals surface area contributed by atoms with E-state index in [1.807, 2.05) is 18.2 Å².